The number of carboxylic acid groups (broad SMARTS) is 1. The number of rotatable bonds is 5. The van der Waals surface area contributed by atoms with Crippen molar-refractivity contribution in [2.45, 2.75) is 11.3 Å². The van der Waals surface area contributed by atoms with Gasteiger partial charge < -0.3 is 14.7 Å². The van der Waals surface area contributed by atoms with Crippen molar-refractivity contribution in [2.24, 2.45) is 4.99 Å². The molecule has 8 nitrogen and oxygen atoms in total. The average molecular weight is 463 g/mol. The molecular weight excluding hydrogens is 448 g/mol. The smallest absolute Gasteiger partial charge is 0.329 e. The third-order valence-electron chi connectivity index (χ3n) is 3.82. The number of aliphatic carboxylic acids is 1. The molecule has 26 heavy (non-hydrogen) atoms. The normalized spacial score (nSPS) is 25.4. The van der Waals surface area contributed by atoms with E-state index in [1.807, 2.05) is 24.3 Å². The second kappa shape index (κ2) is 7.67. The predicted molar refractivity (Wildman–Crippen MR) is 101 cm³/mol. The molecule has 0 aromatic heterocycles. The van der Waals surface area contributed by atoms with Crippen LogP contribution in [0, 0.1) is 0 Å². The molecule has 0 bridgehead atoms. The molecule has 0 unspecified atom stereocenters. The number of thioether (sulfide) groups is 1. The van der Waals surface area contributed by atoms with E-state index >= 15 is 0 Å². The van der Waals surface area contributed by atoms with Gasteiger partial charge in [0.05, 0.1) is 17.5 Å². The molecule has 1 amide bonds. The van der Waals surface area contributed by atoms with Gasteiger partial charge in [-0.15, -0.1) is 0 Å². The van der Waals surface area contributed by atoms with Crippen LogP contribution in [-0.2, 0) is 24.2 Å². The zero-order valence-corrected chi connectivity index (χ0v) is 16.6. The summed E-state index contributed by atoms with van der Waals surface area (Å²) in [5.74, 6) is -1.75. The van der Waals surface area contributed by atoms with Gasteiger partial charge in [-0.25, -0.2) is 13.2 Å². The van der Waals surface area contributed by atoms with Gasteiger partial charge >= 0.3 is 5.97 Å². The van der Waals surface area contributed by atoms with E-state index in [2.05, 4.69) is 20.9 Å². The Kier molecular flexibility index (Phi) is 5.70. The summed E-state index contributed by atoms with van der Waals surface area (Å²) in [4.78, 5) is 28.2. The average Bonchev–Trinajstić information content (AvgIpc) is 2.97. The third-order valence-corrected chi connectivity index (χ3v) is 7.53. The Morgan fingerprint density at radius 3 is 2.81 bits per heavy atom. The minimum Gasteiger partial charge on any atom is -0.480 e. The fraction of sp³-hybridized carbons (Fsp3) is 0.400. The number of amides is 1. The molecule has 1 aromatic carbocycles. The highest BCUT2D eigenvalue weighted by molar-refractivity contribution is 9.10. The number of carbonyl (C=O) groups is 2. The van der Waals surface area contributed by atoms with Crippen LogP contribution in [0.25, 0.3) is 0 Å². The maximum atomic E-state index is 12.0. The van der Waals surface area contributed by atoms with E-state index < -0.39 is 34.9 Å². The minimum atomic E-state index is -3.14. The molecule has 2 fully saturated rings. The van der Waals surface area contributed by atoms with Gasteiger partial charge in [0.15, 0.2) is 15.0 Å². The third kappa shape index (κ3) is 4.45. The topological polar surface area (TPSA) is 113 Å². The van der Waals surface area contributed by atoms with Gasteiger partial charge in [0.25, 0.3) is 5.91 Å². The van der Waals surface area contributed by atoms with Crippen LogP contribution in [0.4, 0.5) is 5.69 Å². The summed E-state index contributed by atoms with van der Waals surface area (Å²) in [7, 11) is -3.14. The lowest BCUT2D eigenvalue weighted by atomic mass is 10.2. The number of carboxylic acids is 1. The highest BCUT2D eigenvalue weighted by Crippen LogP contribution is 2.41. The number of anilines is 1. The SMILES string of the molecule is O=C(O)COCC(=O)N=C1S[C@@H]2CS(=O)(=O)C[C@@H]2N1c1cccc(Br)c1. The molecule has 2 aliphatic rings. The Morgan fingerprint density at radius 1 is 1.35 bits per heavy atom. The molecule has 0 radical (unpaired) electrons. The predicted octanol–water partition coefficient (Wildman–Crippen LogP) is 1.15. The molecule has 3 rings (SSSR count). The summed E-state index contributed by atoms with van der Waals surface area (Å²) >= 11 is 4.64. The maximum absolute atomic E-state index is 12.0. The van der Waals surface area contributed by atoms with Crippen LogP contribution in [0.2, 0.25) is 0 Å². The van der Waals surface area contributed by atoms with Crippen molar-refractivity contribution in [3.8, 4) is 0 Å². The van der Waals surface area contributed by atoms with Crippen molar-refractivity contribution in [2.75, 3.05) is 29.6 Å². The summed E-state index contributed by atoms with van der Waals surface area (Å²) in [6.07, 6.45) is 0. The fourth-order valence-electron chi connectivity index (χ4n) is 2.86. The van der Waals surface area contributed by atoms with Crippen LogP contribution in [0.5, 0.6) is 0 Å². The van der Waals surface area contributed by atoms with E-state index in [0.29, 0.717) is 5.17 Å². The zero-order chi connectivity index (χ0) is 18.9. The number of carbonyl (C=O) groups excluding carboxylic acids is 1. The van der Waals surface area contributed by atoms with Crippen LogP contribution < -0.4 is 4.90 Å². The van der Waals surface area contributed by atoms with E-state index in [4.69, 9.17) is 9.84 Å². The van der Waals surface area contributed by atoms with Crippen LogP contribution in [0.1, 0.15) is 0 Å². The van der Waals surface area contributed by atoms with Gasteiger partial charge in [-0.2, -0.15) is 4.99 Å². The van der Waals surface area contributed by atoms with Crippen LogP contribution >= 0.6 is 27.7 Å². The van der Waals surface area contributed by atoms with Crippen LogP contribution in [0.3, 0.4) is 0 Å². The highest BCUT2D eigenvalue weighted by Gasteiger charge is 2.49. The maximum Gasteiger partial charge on any atom is 0.329 e. The molecule has 0 spiro atoms. The number of amidine groups is 1. The van der Waals surface area contributed by atoms with E-state index in [1.54, 1.807) is 4.90 Å². The summed E-state index contributed by atoms with van der Waals surface area (Å²) in [6, 6.07) is 7.01. The number of halogens is 1. The van der Waals surface area contributed by atoms with Gasteiger partial charge in [0.1, 0.15) is 13.2 Å². The Hall–Kier alpha value is -1.43. The second-order valence-electron chi connectivity index (χ2n) is 5.83. The van der Waals surface area contributed by atoms with Gasteiger partial charge in [-0.1, -0.05) is 33.8 Å². The lowest BCUT2D eigenvalue weighted by Gasteiger charge is -2.24. The van der Waals surface area contributed by atoms with Crippen molar-refractivity contribution in [1.29, 1.82) is 0 Å². The number of nitrogens with zero attached hydrogens (tertiary/aromatic N) is 2. The first-order valence-electron chi connectivity index (χ1n) is 7.58. The van der Waals surface area contributed by atoms with Gasteiger partial charge in [-0.05, 0) is 18.2 Å². The zero-order valence-electron chi connectivity index (χ0n) is 13.4. The van der Waals surface area contributed by atoms with Gasteiger partial charge in [-0.3, -0.25) is 4.79 Å². The molecule has 1 aromatic rings. The molecule has 0 aliphatic carbocycles. The van der Waals surface area contributed by atoms with Crippen molar-refractivity contribution < 1.29 is 27.9 Å². The van der Waals surface area contributed by atoms with Crippen molar-refractivity contribution in [1.82, 2.24) is 0 Å². The van der Waals surface area contributed by atoms with E-state index in [1.165, 1.54) is 11.8 Å². The first kappa shape index (κ1) is 19.3. The lowest BCUT2D eigenvalue weighted by molar-refractivity contribution is -0.143. The Morgan fingerprint density at radius 2 is 2.12 bits per heavy atom. The second-order valence-corrected chi connectivity index (χ2v) is 10.1. The molecule has 11 heteroatoms. The number of hydrogen-bond donors (Lipinski definition) is 1. The first-order valence-corrected chi connectivity index (χ1v) is 11.1. The van der Waals surface area contributed by atoms with Crippen molar-refractivity contribution in [3.05, 3.63) is 28.7 Å². The molecule has 140 valence electrons. The number of hydrogen-bond acceptors (Lipinski definition) is 6. The largest absolute Gasteiger partial charge is 0.480 e. The Balaban J connectivity index is 1.85. The monoisotopic (exact) mass is 462 g/mol. The summed E-state index contributed by atoms with van der Waals surface area (Å²) in [6.45, 7) is -1.03. The minimum absolute atomic E-state index is 0.0000946. The lowest BCUT2D eigenvalue weighted by Crippen LogP contribution is -2.37. The number of fused-ring (bicyclic) bond motifs is 1. The van der Waals surface area contributed by atoms with Crippen LogP contribution in [0.15, 0.2) is 33.7 Å². The quantitative estimate of drug-likeness (QED) is 0.692. The molecule has 1 N–H and O–H groups in total. The standard InChI is InChI=1S/C15H15BrN2O6S2/c16-9-2-1-3-10(4-9)18-11-7-26(22,23)8-12(11)25-15(18)17-13(19)5-24-6-14(20)21/h1-4,11-12H,5-8H2,(H,20,21)/t11-,12+/m0/s1. The number of ether oxygens (including phenoxy) is 1. The summed E-state index contributed by atoms with van der Waals surface area (Å²) < 4.78 is 29.6. The Bertz CT molecular complexity index is 873. The molecule has 2 saturated heterocycles. The molecule has 2 heterocycles. The summed E-state index contributed by atoms with van der Waals surface area (Å²) in [5, 5.41) is 8.74. The fourth-order valence-corrected chi connectivity index (χ4v) is 7.18. The van der Waals surface area contributed by atoms with E-state index in [-0.39, 0.29) is 22.8 Å². The van der Waals surface area contributed by atoms with Crippen molar-refractivity contribution in [3.63, 3.8) is 0 Å². The summed E-state index contributed by atoms with van der Waals surface area (Å²) in [5.41, 5.74) is 0.731. The number of sulfone groups is 1. The molecule has 2 aliphatic heterocycles. The van der Waals surface area contributed by atoms with E-state index in [0.717, 1.165) is 10.2 Å². The molecule has 0 saturated carbocycles. The van der Waals surface area contributed by atoms with Crippen molar-refractivity contribution >= 4 is 60.3 Å². The van der Waals surface area contributed by atoms with Gasteiger partial charge in [0.2, 0.25) is 0 Å². The highest BCUT2D eigenvalue weighted by atomic mass is 79.9. The van der Waals surface area contributed by atoms with Gasteiger partial charge in [0, 0.05) is 15.4 Å². The Labute approximate surface area is 162 Å². The number of benzene rings is 1. The van der Waals surface area contributed by atoms with Crippen LogP contribution in [-0.4, -0.2) is 66.6 Å². The van der Waals surface area contributed by atoms with E-state index in [9.17, 15) is 18.0 Å². The first-order chi connectivity index (χ1) is 12.2. The molecule has 2 atom stereocenters. The number of aliphatic imine (C=N–C) groups is 1. The molecular formula is C15H15BrN2O6S2.